The summed E-state index contributed by atoms with van der Waals surface area (Å²) in [5, 5.41) is 0. The lowest BCUT2D eigenvalue weighted by atomic mass is 10.4. The lowest BCUT2D eigenvalue weighted by Gasteiger charge is -2.11. The minimum absolute atomic E-state index is 0.532. The highest BCUT2D eigenvalue weighted by Gasteiger charge is 2.10. The summed E-state index contributed by atoms with van der Waals surface area (Å²) in [6, 6.07) is 3.43. The highest BCUT2D eigenvalue weighted by atomic mass is 16.7. The van der Waals surface area contributed by atoms with E-state index in [9.17, 15) is 9.59 Å². The third-order valence-corrected chi connectivity index (χ3v) is 1.53. The second-order valence-corrected chi connectivity index (χ2v) is 2.96. The molecule has 0 atom stereocenters. The quantitative estimate of drug-likeness (QED) is 0.575. The fraction of sp³-hybridized carbons (Fsp3) is 0.273. The molecule has 0 unspecified atom stereocenters. The lowest BCUT2D eigenvalue weighted by Crippen LogP contribution is -2.19. The molecule has 0 aliphatic rings. The average molecular weight is 224 g/mol. The van der Waals surface area contributed by atoms with Gasteiger partial charge in [-0.1, -0.05) is 0 Å². The van der Waals surface area contributed by atoms with Crippen LogP contribution in [0.4, 0.5) is 0 Å². The van der Waals surface area contributed by atoms with Crippen molar-refractivity contribution in [1.82, 2.24) is 0 Å². The van der Waals surface area contributed by atoms with Gasteiger partial charge in [-0.25, -0.2) is 0 Å². The summed E-state index contributed by atoms with van der Waals surface area (Å²) >= 11 is 0. The number of furan rings is 1. The molecule has 0 aromatic carbocycles. The third kappa shape index (κ3) is 4.45. The first kappa shape index (κ1) is 12.0. The number of hydrogen-bond donors (Lipinski definition) is 0. The van der Waals surface area contributed by atoms with E-state index in [1.165, 1.54) is 26.2 Å². The molecule has 5 nitrogen and oxygen atoms in total. The Bertz CT molecular complexity index is 361. The van der Waals surface area contributed by atoms with Gasteiger partial charge in [0.2, 0.25) is 0 Å². The van der Waals surface area contributed by atoms with Crippen LogP contribution in [0.5, 0.6) is 0 Å². The Morgan fingerprint density at radius 2 is 1.94 bits per heavy atom. The van der Waals surface area contributed by atoms with Crippen LogP contribution in [-0.2, 0) is 19.1 Å². The molecule has 0 aliphatic carbocycles. The Morgan fingerprint density at radius 1 is 1.31 bits per heavy atom. The van der Waals surface area contributed by atoms with Gasteiger partial charge >= 0.3 is 11.9 Å². The predicted octanol–water partition coefficient (Wildman–Crippen LogP) is 1.75. The zero-order valence-electron chi connectivity index (χ0n) is 9.01. The van der Waals surface area contributed by atoms with Crippen LogP contribution in [0, 0.1) is 0 Å². The summed E-state index contributed by atoms with van der Waals surface area (Å²) in [6.45, 7) is 2.47. The second-order valence-electron chi connectivity index (χ2n) is 2.96. The van der Waals surface area contributed by atoms with Crippen molar-refractivity contribution in [3.8, 4) is 0 Å². The minimum atomic E-state index is -1.03. The van der Waals surface area contributed by atoms with Gasteiger partial charge in [0, 0.05) is 19.9 Å². The minimum Gasteiger partial charge on any atom is -0.465 e. The van der Waals surface area contributed by atoms with Crippen LogP contribution < -0.4 is 0 Å². The van der Waals surface area contributed by atoms with E-state index in [1.54, 1.807) is 18.2 Å². The molecule has 0 spiro atoms. The SMILES string of the molecule is CC(=O)OC(/C=C/c1ccco1)OC(C)=O. The first-order chi connectivity index (χ1) is 7.58. The smallest absolute Gasteiger partial charge is 0.305 e. The van der Waals surface area contributed by atoms with Gasteiger partial charge in [0.1, 0.15) is 5.76 Å². The van der Waals surface area contributed by atoms with Crippen LogP contribution >= 0.6 is 0 Å². The normalized spacial score (nSPS) is 10.7. The predicted molar refractivity (Wildman–Crippen MR) is 55.1 cm³/mol. The van der Waals surface area contributed by atoms with E-state index in [4.69, 9.17) is 13.9 Å². The first-order valence-corrected chi connectivity index (χ1v) is 4.64. The number of carbonyl (C=O) groups excluding carboxylic acids is 2. The molecular weight excluding hydrogens is 212 g/mol. The number of rotatable bonds is 4. The summed E-state index contributed by atoms with van der Waals surface area (Å²) in [5.74, 6) is -0.491. The Labute approximate surface area is 92.6 Å². The number of ether oxygens (including phenoxy) is 2. The van der Waals surface area contributed by atoms with Crippen LogP contribution in [0.25, 0.3) is 6.08 Å². The van der Waals surface area contributed by atoms with Crippen molar-refractivity contribution >= 4 is 18.0 Å². The molecular formula is C11H12O5. The number of esters is 2. The zero-order valence-corrected chi connectivity index (χ0v) is 9.01. The zero-order chi connectivity index (χ0) is 12.0. The van der Waals surface area contributed by atoms with E-state index in [0.717, 1.165) is 0 Å². The standard InChI is InChI=1S/C11H12O5/c1-8(12)15-11(16-9(2)13)6-5-10-4-3-7-14-10/h3-7,11H,1-2H3/b6-5+. The van der Waals surface area contributed by atoms with Crippen LogP contribution in [0.1, 0.15) is 19.6 Å². The van der Waals surface area contributed by atoms with Gasteiger partial charge in [-0.05, 0) is 18.2 Å². The molecule has 0 aliphatic heterocycles. The number of carbonyl (C=O) groups is 2. The Balaban J connectivity index is 2.62. The Morgan fingerprint density at radius 3 is 2.38 bits per heavy atom. The van der Waals surface area contributed by atoms with Crippen molar-refractivity contribution in [1.29, 1.82) is 0 Å². The maximum atomic E-state index is 10.7. The second kappa shape index (κ2) is 5.75. The van der Waals surface area contributed by atoms with Crippen LogP contribution in [0.2, 0.25) is 0 Å². The van der Waals surface area contributed by atoms with Gasteiger partial charge in [-0.2, -0.15) is 0 Å². The molecule has 16 heavy (non-hydrogen) atoms. The summed E-state index contributed by atoms with van der Waals surface area (Å²) in [7, 11) is 0. The molecule has 0 saturated carbocycles. The molecule has 0 amide bonds. The monoisotopic (exact) mass is 224 g/mol. The largest absolute Gasteiger partial charge is 0.465 e. The summed E-state index contributed by atoms with van der Waals surface area (Å²) in [5.41, 5.74) is 0. The molecule has 5 heteroatoms. The van der Waals surface area contributed by atoms with Crippen molar-refractivity contribution in [2.24, 2.45) is 0 Å². The van der Waals surface area contributed by atoms with E-state index >= 15 is 0 Å². The Kier molecular flexibility index (Phi) is 4.32. The molecule has 1 aromatic rings. The third-order valence-electron chi connectivity index (χ3n) is 1.53. The molecule has 1 aromatic heterocycles. The number of hydrogen-bond acceptors (Lipinski definition) is 5. The van der Waals surface area contributed by atoms with Gasteiger partial charge in [0.15, 0.2) is 0 Å². The highest BCUT2D eigenvalue weighted by Crippen LogP contribution is 2.06. The van der Waals surface area contributed by atoms with Gasteiger partial charge in [0.05, 0.1) is 6.26 Å². The maximum Gasteiger partial charge on any atom is 0.305 e. The fourth-order valence-electron chi connectivity index (χ4n) is 0.989. The molecule has 0 saturated heterocycles. The first-order valence-electron chi connectivity index (χ1n) is 4.64. The molecule has 0 N–H and O–H groups in total. The molecule has 1 rings (SSSR count). The van der Waals surface area contributed by atoms with Crippen molar-refractivity contribution in [3.05, 3.63) is 30.2 Å². The molecule has 0 fully saturated rings. The average Bonchev–Trinajstić information content (AvgIpc) is 2.64. The van der Waals surface area contributed by atoms with E-state index in [-0.39, 0.29) is 0 Å². The molecule has 86 valence electrons. The summed E-state index contributed by atoms with van der Waals surface area (Å²) < 4.78 is 14.5. The summed E-state index contributed by atoms with van der Waals surface area (Å²) in [6.07, 6.45) is 3.45. The van der Waals surface area contributed by atoms with E-state index in [1.807, 2.05) is 0 Å². The van der Waals surface area contributed by atoms with E-state index in [0.29, 0.717) is 5.76 Å². The topological polar surface area (TPSA) is 65.7 Å². The van der Waals surface area contributed by atoms with Gasteiger partial charge < -0.3 is 13.9 Å². The van der Waals surface area contributed by atoms with Crippen molar-refractivity contribution in [3.63, 3.8) is 0 Å². The van der Waals surface area contributed by atoms with Crippen molar-refractivity contribution < 1.29 is 23.5 Å². The van der Waals surface area contributed by atoms with Crippen molar-refractivity contribution in [2.75, 3.05) is 0 Å². The maximum absolute atomic E-state index is 10.7. The van der Waals surface area contributed by atoms with Crippen molar-refractivity contribution in [2.45, 2.75) is 20.1 Å². The fourth-order valence-corrected chi connectivity index (χ4v) is 0.989. The van der Waals surface area contributed by atoms with Gasteiger partial charge in [-0.15, -0.1) is 0 Å². The summed E-state index contributed by atoms with van der Waals surface area (Å²) in [4.78, 5) is 21.5. The van der Waals surface area contributed by atoms with Crippen LogP contribution in [-0.4, -0.2) is 18.2 Å². The Hall–Kier alpha value is -2.04. The molecule has 0 radical (unpaired) electrons. The molecule has 0 bridgehead atoms. The lowest BCUT2D eigenvalue weighted by molar-refractivity contribution is -0.176. The van der Waals surface area contributed by atoms with Crippen LogP contribution in [0.15, 0.2) is 28.9 Å². The van der Waals surface area contributed by atoms with E-state index < -0.39 is 18.2 Å². The molecule has 1 heterocycles. The van der Waals surface area contributed by atoms with Crippen LogP contribution in [0.3, 0.4) is 0 Å². The highest BCUT2D eigenvalue weighted by molar-refractivity contribution is 5.68. The van der Waals surface area contributed by atoms with E-state index in [2.05, 4.69) is 0 Å². The van der Waals surface area contributed by atoms with Gasteiger partial charge in [-0.3, -0.25) is 9.59 Å². The van der Waals surface area contributed by atoms with Gasteiger partial charge in [0.25, 0.3) is 6.29 Å².